The van der Waals surface area contributed by atoms with E-state index in [9.17, 15) is 14.4 Å². The van der Waals surface area contributed by atoms with Gasteiger partial charge in [0, 0.05) is 17.3 Å². The standard InChI is InChI=1S/C24H29N3O4/c1-16-12-17(2)14-21(13-16)25-22(28)15-27-10-8-18(9-11-27)23(29)26-20-6-4-19(5-7-20)24(30)31-3/h4-7,12-14,18H,8-11,15H2,1-3H3,(H,25,28)(H,26,29). The number of amides is 2. The van der Waals surface area contributed by atoms with Crippen LogP contribution in [0.5, 0.6) is 0 Å². The summed E-state index contributed by atoms with van der Waals surface area (Å²) in [5.41, 5.74) is 4.12. The minimum atomic E-state index is -0.410. The van der Waals surface area contributed by atoms with Crippen LogP contribution in [0, 0.1) is 19.8 Å². The Morgan fingerprint density at radius 2 is 1.55 bits per heavy atom. The van der Waals surface area contributed by atoms with Crippen LogP contribution >= 0.6 is 0 Å². The largest absolute Gasteiger partial charge is 0.465 e. The molecule has 7 nitrogen and oxygen atoms in total. The Kier molecular flexibility index (Phi) is 7.41. The minimum Gasteiger partial charge on any atom is -0.465 e. The van der Waals surface area contributed by atoms with E-state index in [1.807, 2.05) is 26.0 Å². The molecule has 0 spiro atoms. The number of anilines is 2. The van der Waals surface area contributed by atoms with Crippen LogP contribution in [-0.4, -0.2) is 49.4 Å². The molecular weight excluding hydrogens is 394 g/mol. The molecule has 0 atom stereocenters. The molecule has 1 saturated heterocycles. The van der Waals surface area contributed by atoms with Crippen molar-refractivity contribution in [1.82, 2.24) is 4.90 Å². The molecule has 0 radical (unpaired) electrons. The van der Waals surface area contributed by atoms with Gasteiger partial charge in [0.25, 0.3) is 0 Å². The van der Waals surface area contributed by atoms with E-state index in [0.717, 1.165) is 16.8 Å². The van der Waals surface area contributed by atoms with E-state index < -0.39 is 5.97 Å². The average Bonchev–Trinajstić information content (AvgIpc) is 2.73. The van der Waals surface area contributed by atoms with Gasteiger partial charge >= 0.3 is 5.97 Å². The lowest BCUT2D eigenvalue weighted by Gasteiger charge is -2.30. The van der Waals surface area contributed by atoms with E-state index >= 15 is 0 Å². The normalized spacial score (nSPS) is 14.7. The third-order valence-electron chi connectivity index (χ3n) is 5.40. The fourth-order valence-electron chi connectivity index (χ4n) is 3.86. The molecule has 1 heterocycles. The van der Waals surface area contributed by atoms with Gasteiger partial charge in [0.05, 0.1) is 19.2 Å². The highest BCUT2D eigenvalue weighted by molar-refractivity contribution is 5.94. The van der Waals surface area contributed by atoms with Crippen molar-refractivity contribution in [1.29, 1.82) is 0 Å². The Morgan fingerprint density at radius 3 is 2.13 bits per heavy atom. The van der Waals surface area contributed by atoms with Crippen molar-refractivity contribution in [2.24, 2.45) is 5.92 Å². The van der Waals surface area contributed by atoms with Crippen molar-refractivity contribution in [2.75, 3.05) is 37.4 Å². The van der Waals surface area contributed by atoms with Gasteiger partial charge in [-0.2, -0.15) is 0 Å². The Bertz CT molecular complexity index is 928. The molecule has 31 heavy (non-hydrogen) atoms. The van der Waals surface area contributed by atoms with Gasteiger partial charge in [0.2, 0.25) is 11.8 Å². The predicted octanol–water partition coefficient (Wildman–Crippen LogP) is 3.38. The van der Waals surface area contributed by atoms with Crippen molar-refractivity contribution >= 4 is 29.2 Å². The van der Waals surface area contributed by atoms with E-state index in [4.69, 9.17) is 0 Å². The number of carbonyl (C=O) groups is 3. The number of esters is 1. The van der Waals surface area contributed by atoms with Crippen LogP contribution in [0.25, 0.3) is 0 Å². The second kappa shape index (κ2) is 10.2. The van der Waals surface area contributed by atoms with Gasteiger partial charge in [0.1, 0.15) is 0 Å². The predicted molar refractivity (Wildman–Crippen MR) is 120 cm³/mol. The van der Waals surface area contributed by atoms with Crippen molar-refractivity contribution in [3.05, 3.63) is 59.2 Å². The summed E-state index contributed by atoms with van der Waals surface area (Å²) in [7, 11) is 1.33. The lowest BCUT2D eigenvalue weighted by atomic mass is 9.95. The molecule has 1 fully saturated rings. The number of nitrogens with zero attached hydrogens (tertiary/aromatic N) is 1. The summed E-state index contributed by atoms with van der Waals surface area (Å²) >= 11 is 0. The zero-order valence-electron chi connectivity index (χ0n) is 18.2. The molecule has 0 saturated carbocycles. The first kappa shape index (κ1) is 22.5. The average molecular weight is 424 g/mol. The number of benzene rings is 2. The fraction of sp³-hybridized carbons (Fsp3) is 0.375. The number of ether oxygens (including phenoxy) is 1. The lowest BCUT2D eigenvalue weighted by molar-refractivity contribution is -0.121. The van der Waals surface area contributed by atoms with Crippen molar-refractivity contribution < 1.29 is 19.1 Å². The van der Waals surface area contributed by atoms with E-state index in [1.54, 1.807) is 24.3 Å². The molecule has 0 aliphatic carbocycles. The summed E-state index contributed by atoms with van der Waals surface area (Å²) in [5, 5.41) is 5.87. The van der Waals surface area contributed by atoms with Crippen LogP contribution in [0.2, 0.25) is 0 Å². The number of likely N-dealkylation sites (tertiary alicyclic amines) is 1. The Hall–Kier alpha value is -3.19. The molecule has 1 aliphatic rings. The zero-order valence-corrected chi connectivity index (χ0v) is 18.2. The first-order valence-corrected chi connectivity index (χ1v) is 10.4. The molecule has 0 aromatic heterocycles. The number of piperidine rings is 1. The SMILES string of the molecule is COC(=O)c1ccc(NC(=O)C2CCN(CC(=O)Nc3cc(C)cc(C)c3)CC2)cc1. The van der Waals surface area contributed by atoms with E-state index in [2.05, 4.69) is 26.3 Å². The van der Waals surface area contributed by atoms with E-state index in [1.165, 1.54) is 7.11 Å². The van der Waals surface area contributed by atoms with Gasteiger partial charge in [-0.15, -0.1) is 0 Å². The summed E-state index contributed by atoms with van der Waals surface area (Å²) in [4.78, 5) is 38.5. The Balaban J connectivity index is 1.44. The van der Waals surface area contributed by atoms with Gasteiger partial charge in [-0.05, 0) is 87.3 Å². The number of methoxy groups -OCH3 is 1. The highest BCUT2D eigenvalue weighted by Crippen LogP contribution is 2.20. The summed E-state index contributed by atoms with van der Waals surface area (Å²) < 4.78 is 4.67. The maximum atomic E-state index is 12.6. The molecule has 0 bridgehead atoms. The molecule has 7 heteroatoms. The number of carbonyl (C=O) groups excluding carboxylic acids is 3. The molecule has 3 rings (SSSR count). The summed E-state index contributed by atoms with van der Waals surface area (Å²) in [6.07, 6.45) is 1.39. The maximum Gasteiger partial charge on any atom is 0.337 e. The van der Waals surface area contributed by atoms with Crippen LogP contribution < -0.4 is 10.6 Å². The summed E-state index contributed by atoms with van der Waals surface area (Å²) in [6.45, 7) is 5.72. The fourth-order valence-corrected chi connectivity index (χ4v) is 3.86. The van der Waals surface area contributed by atoms with Crippen LogP contribution in [0.3, 0.4) is 0 Å². The Morgan fingerprint density at radius 1 is 0.935 bits per heavy atom. The summed E-state index contributed by atoms with van der Waals surface area (Å²) in [5.74, 6) is -0.588. The van der Waals surface area contributed by atoms with Gasteiger partial charge in [-0.25, -0.2) is 4.79 Å². The molecule has 164 valence electrons. The zero-order chi connectivity index (χ0) is 22.4. The molecule has 0 unspecified atom stereocenters. The number of nitrogens with one attached hydrogen (secondary N) is 2. The van der Waals surface area contributed by atoms with E-state index in [-0.39, 0.29) is 17.7 Å². The number of aryl methyl sites for hydroxylation is 2. The van der Waals surface area contributed by atoms with Crippen LogP contribution in [0.15, 0.2) is 42.5 Å². The number of hydrogen-bond acceptors (Lipinski definition) is 5. The Labute approximate surface area is 182 Å². The number of hydrogen-bond donors (Lipinski definition) is 2. The molecular formula is C24H29N3O4. The topological polar surface area (TPSA) is 87.7 Å². The highest BCUT2D eigenvalue weighted by atomic mass is 16.5. The van der Waals surface area contributed by atoms with Gasteiger partial charge < -0.3 is 15.4 Å². The second-order valence-electron chi connectivity index (χ2n) is 8.03. The second-order valence-corrected chi connectivity index (χ2v) is 8.03. The third kappa shape index (κ3) is 6.39. The molecule has 2 N–H and O–H groups in total. The van der Waals surface area contributed by atoms with E-state index in [0.29, 0.717) is 43.7 Å². The maximum absolute atomic E-state index is 12.6. The molecule has 2 aromatic carbocycles. The van der Waals surface area contributed by atoms with Crippen LogP contribution in [0.4, 0.5) is 11.4 Å². The first-order chi connectivity index (χ1) is 14.8. The molecule has 1 aliphatic heterocycles. The van der Waals surface area contributed by atoms with Crippen molar-refractivity contribution in [3.63, 3.8) is 0 Å². The summed E-state index contributed by atoms with van der Waals surface area (Å²) in [6, 6.07) is 12.6. The van der Waals surface area contributed by atoms with Gasteiger partial charge in [-0.1, -0.05) is 6.07 Å². The molecule has 2 amide bonds. The quantitative estimate of drug-likeness (QED) is 0.696. The van der Waals surface area contributed by atoms with Gasteiger partial charge in [0.15, 0.2) is 0 Å². The smallest absolute Gasteiger partial charge is 0.337 e. The van der Waals surface area contributed by atoms with Crippen LogP contribution in [-0.2, 0) is 14.3 Å². The van der Waals surface area contributed by atoms with Crippen LogP contribution in [0.1, 0.15) is 34.3 Å². The number of rotatable bonds is 6. The van der Waals surface area contributed by atoms with Gasteiger partial charge in [-0.3, -0.25) is 14.5 Å². The van der Waals surface area contributed by atoms with Crippen molar-refractivity contribution in [2.45, 2.75) is 26.7 Å². The third-order valence-corrected chi connectivity index (χ3v) is 5.40. The lowest BCUT2D eigenvalue weighted by Crippen LogP contribution is -2.41. The monoisotopic (exact) mass is 423 g/mol. The first-order valence-electron chi connectivity index (χ1n) is 10.4. The van der Waals surface area contributed by atoms with Crippen molar-refractivity contribution in [3.8, 4) is 0 Å². The highest BCUT2D eigenvalue weighted by Gasteiger charge is 2.26. The minimum absolute atomic E-state index is 0.0369. The molecule has 2 aromatic rings.